The Kier molecular flexibility index (Phi) is 5.74. The number of ether oxygens (including phenoxy) is 4. The number of fused-ring (bicyclic) bond motifs is 1. The van der Waals surface area contributed by atoms with Crippen LogP contribution in [0.15, 0.2) is 48.5 Å². The van der Waals surface area contributed by atoms with Gasteiger partial charge in [0.25, 0.3) is 0 Å². The van der Waals surface area contributed by atoms with Crippen LogP contribution in [0.2, 0.25) is 0 Å². The van der Waals surface area contributed by atoms with E-state index in [2.05, 4.69) is 5.32 Å². The van der Waals surface area contributed by atoms with Crippen molar-refractivity contribution in [3.63, 3.8) is 0 Å². The zero-order chi connectivity index (χ0) is 17.5. The summed E-state index contributed by atoms with van der Waals surface area (Å²) in [7, 11) is 0. The lowest BCUT2D eigenvalue weighted by Gasteiger charge is -2.14. The molecule has 2 aromatic rings. The van der Waals surface area contributed by atoms with E-state index in [9.17, 15) is 4.79 Å². The lowest BCUT2D eigenvalue weighted by molar-refractivity contribution is -0.132. The van der Waals surface area contributed by atoms with Crippen molar-refractivity contribution in [2.45, 2.75) is 19.6 Å². The molecule has 0 bridgehead atoms. The Morgan fingerprint density at radius 3 is 2.80 bits per heavy atom. The van der Waals surface area contributed by atoms with Gasteiger partial charge in [0.05, 0.1) is 13.2 Å². The second kappa shape index (κ2) is 8.39. The van der Waals surface area contributed by atoms with Gasteiger partial charge in [0, 0.05) is 6.07 Å². The molecule has 1 unspecified atom stereocenters. The van der Waals surface area contributed by atoms with Crippen LogP contribution in [0.25, 0.3) is 0 Å². The number of rotatable bonds is 8. The highest BCUT2D eigenvalue weighted by Crippen LogP contribution is 2.34. The number of carbonyl (C=O) groups excluding carboxylic acids is 1. The van der Waals surface area contributed by atoms with Gasteiger partial charge in [-0.1, -0.05) is 30.3 Å². The molecule has 1 amide bonds. The molecule has 1 heterocycles. The predicted molar refractivity (Wildman–Crippen MR) is 91.8 cm³/mol. The predicted octanol–water partition coefficient (Wildman–Crippen LogP) is 2.52. The Labute approximate surface area is 146 Å². The Bertz CT molecular complexity index is 704. The van der Waals surface area contributed by atoms with E-state index in [0.29, 0.717) is 37.0 Å². The standard InChI is InChI=1S/C19H21NO5/c1-14(23-12-15-5-3-2-4-6-15)19(21)20-9-10-22-16-7-8-17-18(11-16)25-13-24-17/h2-8,11,14H,9-10,12-13H2,1H3,(H,20,21). The summed E-state index contributed by atoms with van der Waals surface area (Å²) in [5.74, 6) is 1.90. The van der Waals surface area contributed by atoms with E-state index in [0.717, 1.165) is 5.56 Å². The van der Waals surface area contributed by atoms with Crippen LogP contribution in [0, 0.1) is 0 Å². The molecule has 0 saturated heterocycles. The van der Waals surface area contributed by atoms with Crippen molar-refractivity contribution in [2.24, 2.45) is 0 Å². The SMILES string of the molecule is CC(OCc1ccccc1)C(=O)NCCOc1ccc2c(c1)OCO2. The van der Waals surface area contributed by atoms with Crippen LogP contribution in [0.1, 0.15) is 12.5 Å². The maximum atomic E-state index is 12.0. The summed E-state index contributed by atoms with van der Waals surface area (Å²) in [5.41, 5.74) is 1.04. The van der Waals surface area contributed by atoms with Crippen LogP contribution in [-0.2, 0) is 16.1 Å². The molecule has 1 aliphatic rings. The number of hydrogen-bond acceptors (Lipinski definition) is 5. The molecule has 0 saturated carbocycles. The fraction of sp³-hybridized carbons (Fsp3) is 0.316. The van der Waals surface area contributed by atoms with Crippen LogP contribution in [0.4, 0.5) is 0 Å². The van der Waals surface area contributed by atoms with Crippen molar-refractivity contribution in [1.82, 2.24) is 5.32 Å². The Morgan fingerprint density at radius 1 is 1.16 bits per heavy atom. The van der Waals surface area contributed by atoms with Crippen LogP contribution < -0.4 is 19.5 Å². The molecule has 0 radical (unpaired) electrons. The molecule has 1 atom stereocenters. The lowest BCUT2D eigenvalue weighted by atomic mass is 10.2. The summed E-state index contributed by atoms with van der Waals surface area (Å²) in [6, 6.07) is 15.1. The van der Waals surface area contributed by atoms with E-state index < -0.39 is 6.10 Å². The average Bonchev–Trinajstić information content (AvgIpc) is 3.11. The minimum absolute atomic E-state index is 0.162. The first-order valence-corrected chi connectivity index (χ1v) is 8.18. The summed E-state index contributed by atoms with van der Waals surface area (Å²) in [4.78, 5) is 12.0. The Balaban J connectivity index is 1.34. The zero-order valence-electron chi connectivity index (χ0n) is 14.1. The Morgan fingerprint density at radius 2 is 1.96 bits per heavy atom. The summed E-state index contributed by atoms with van der Waals surface area (Å²) in [5, 5.41) is 2.80. The first-order valence-electron chi connectivity index (χ1n) is 8.18. The van der Waals surface area contributed by atoms with Gasteiger partial charge < -0.3 is 24.3 Å². The molecular weight excluding hydrogens is 322 g/mol. The van der Waals surface area contributed by atoms with Gasteiger partial charge in [0.2, 0.25) is 12.7 Å². The highest BCUT2D eigenvalue weighted by Gasteiger charge is 2.14. The largest absolute Gasteiger partial charge is 0.492 e. The van der Waals surface area contributed by atoms with Crippen LogP contribution in [-0.4, -0.2) is 32.0 Å². The number of nitrogens with one attached hydrogen (secondary N) is 1. The van der Waals surface area contributed by atoms with Crippen molar-refractivity contribution in [1.29, 1.82) is 0 Å². The smallest absolute Gasteiger partial charge is 0.248 e. The maximum Gasteiger partial charge on any atom is 0.248 e. The van der Waals surface area contributed by atoms with E-state index in [4.69, 9.17) is 18.9 Å². The molecular formula is C19H21NO5. The summed E-state index contributed by atoms with van der Waals surface area (Å²) in [6.45, 7) is 3.12. The van der Waals surface area contributed by atoms with Gasteiger partial charge >= 0.3 is 0 Å². The monoisotopic (exact) mass is 343 g/mol. The van der Waals surface area contributed by atoms with Crippen LogP contribution >= 0.6 is 0 Å². The van der Waals surface area contributed by atoms with Crippen LogP contribution in [0.5, 0.6) is 17.2 Å². The van der Waals surface area contributed by atoms with E-state index in [1.54, 1.807) is 25.1 Å². The number of hydrogen-bond donors (Lipinski definition) is 1. The lowest BCUT2D eigenvalue weighted by Crippen LogP contribution is -2.36. The molecule has 6 nitrogen and oxygen atoms in total. The van der Waals surface area contributed by atoms with E-state index in [1.165, 1.54) is 0 Å². The molecule has 0 aromatic heterocycles. The topological polar surface area (TPSA) is 66.0 Å². The minimum Gasteiger partial charge on any atom is -0.492 e. The van der Waals surface area contributed by atoms with E-state index >= 15 is 0 Å². The van der Waals surface area contributed by atoms with Crippen molar-refractivity contribution in [3.05, 3.63) is 54.1 Å². The minimum atomic E-state index is -0.522. The first-order chi connectivity index (χ1) is 12.2. The highest BCUT2D eigenvalue weighted by atomic mass is 16.7. The second-order valence-electron chi connectivity index (χ2n) is 5.59. The van der Waals surface area contributed by atoms with Crippen LogP contribution in [0.3, 0.4) is 0 Å². The molecule has 3 rings (SSSR count). The summed E-state index contributed by atoms with van der Waals surface area (Å²) in [6.07, 6.45) is -0.522. The average molecular weight is 343 g/mol. The quantitative estimate of drug-likeness (QED) is 0.746. The fourth-order valence-electron chi connectivity index (χ4n) is 2.32. The van der Waals surface area contributed by atoms with Gasteiger partial charge in [-0.3, -0.25) is 4.79 Å². The van der Waals surface area contributed by atoms with Gasteiger partial charge in [0.15, 0.2) is 11.5 Å². The third-order valence-corrected chi connectivity index (χ3v) is 3.73. The normalized spacial score (nSPS) is 13.3. The maximum absolute atomic E-state index is 12.0. The molecule has 0 fully saturated rings. The number of benzene rings is 2. The van der Waals surface area contributed by atoms with Crippen molar-refractivity contribution in [2.75, 3.05) is 19.9 Å². The molecule has 0 spiro atoms. The van der Waals surface area contributed by atoms with Crippen molar-refractivity contribution >= 4 is 5.91 Å². The molecule has 25 heavy (non-hydrogen) atoms. The number of amides is 1. The van der Waals surface area contributed by atoms with E-state index in [1.807, 2.05) is 30.3 Å². The third-order valence-electron chi connectivity index (χ3n) is 3.73. The Hall–Kier alpha value is -2.73. The van der Waals surface area contributed by atoms with Gasteiger partial charge in [-0.2, -0.15) is 0 Å². The molecule has 1 N–H and O–H groups in total. The van der Waals surface area contributed by atoms with Gasteiger partial charge in [-0.05, 0) is 24.6 Å². The number of carbonyl (C=O) groups is 1. The molecule has 132 valence electrons. The summed E-state index contributed by atoms with van der Waals surface area (Å²) < 4.78 is 21.7. The van der Waals surface area contributed by atoms with Gasteiger partial charge in [0.1, 0.15) is 18.5 Å². The molecule has 1 aliphatic heterocycles. The second-order valence-corrected chi connectivity index (χ2v) is 5.59. The van der Waals surface area contributed by atoms with Crippen molar-refractivity contribution in [3.8, 4) is 17.2 Å². The highest BCUT2D eigenvalue weighted by molar-refractivity contribution is 5.80. The molecule has 2 aromatic carbocycles. The zero-order valence-corrected chi connectivity index (χ0v) is 14.1. The van der Waals surface area contributed by atoms with Gasteiger partial charge in [-0.25, -0.2) is 0 Å². The van der Waals surface area contributed by atoms with Crippen molar-refractivity contribution < 1.29 is 23.7 Å². The first kappa shape index (κ1) is 17.1. The van der Waals surface area contributed by atoms with E-state index in [-0.39, 0.29) is 12.7 Å². The third kappa shape index (κ3) is 4.87. The van der Waals surface area contributed by atoms with Gasteiger partial charge in [-0.15, -0.1) is 0 Å². The molecule has 6 heteroatoms. The molecule has 0 aliphatic carbocycles. The summed E-state index contributed by atoms with van der Waals surface area (Å²) >= 11 is 0. The fourth-order valence-corrected chi connectivity index (χ4v) is 2.32.